The molecule has 0 aromatic carbocycles. The summed E-state index contributed by atoms with van der Waals surface area (Å²) in [6.07, 6.45) is 0.436. The Morgan fingerprint density at radius 1 is 1.22 bits per heavy atom. The average molecular weight is 398 g/mol. The Balaban J connectivity index is 0.00000484. The molecule has 0 aliphatic carbocycles. The number of phosphoric acid groups is 1. The van der Waals surface area contributed by atoms with Crippen molar-refractivity contribution in [2.45, 2.75) is 31.1 Å². The molecule has 23 heavy (non-hydrogen) atoms. The smallest absolute Gasteiger partial charge is 0.470 e. The molecule has 138 valence electrons. The molecule has 0 bridgehead atoms. The first kappa shape index (κ1) is 23.0. The minimum absolute atomic E-state index is 0. The van der Waals surface area contributed by atoms with Crippen LogP contribution in [0.1, 0.15) is 19.3 Å². The summed E-state index contributed by atoms with van der Waals surface area (Å²) < 4.78 is 26.7. The number of hydrogen-bond acceptors (Lipinski definition) is 4. The van der Waals surface area contributed by atoms with Gasteiger partial charge in [-0.05, 0) is 6.42 Å². The lowest BCUT2D eigenvalue weighted by atomic mass is 9.90. The van der Waals surface area contributed by atoms with Crippen LogP contribution in [0.25, 0.3) is 0 Å². The van der Waals surface area contributed by atoms with Gasteiger partial charge in [-0.15, -0.1) is 0 Å². The van der Waals surface area contributed by atoms with Crippen LogP contribution in [0.15, 0.2) is 0 Å². The highest BCUT2D eigenvalue weighted by molar-refractivity contribution is 7.53. The summed E-state index contributed by atoms with van der Waals surface area (Å²) in [5.74, 6) is -3.40. The second-order valence-corrected chi connectivity index (χ2v) is 9.05. The highest BCUT2D eigenvalue weighted by Crippen LogP contribution is 2.52. The molecule has 0 spiro atoms. The minimum Gasteiger partial charge on any atom is -1.00 e. The fourth-order valence-corrected chi connectivity index (χ4v) is 4.57. The van der Waals surface area contributed by atoms with E-state index in [1.807, 2.05) is 0 Å². The molecule has 13 heteroatoms. The van der Waals surface area contributed by atoms with Gasteiger partial charge in [0.2, 0.25) is 0 Å². The summed E-state index contributed by atoms with van der Waals surface area (Å²) in [5, 5.41) is 9.06. The number of hydrogen-bond donors (Lipinski definition) is 5. The zero-order valence-electron chi connectivity index (χ0n) is 12.6. The van der Waals surface area contributed by atoms with Crippen molar-refractivity contribution >= 4 is 21.4 Å². The average Bonchev–Trinajstić information content (AvgIpc) is 2.26. The zero-order valence-corrected chi connectivity index (χ0v) is 15.2. The molecule has 0 aromatic rings. The van der Waals surface area contributed by atoms with Crippen LogP contribution in [-0.4, -0.2) is 67.7 Å². The number of quaternary nitrogens is 1. The molecule has 0 aromatic heterocycles. The molecule has 1 heterocycles. The van der Waals surface area contributed by atoms with Crippen molar-refractivity contribution in [2.75, 3.05) is 20.6 Å². The maximum atomic E-state index is 11.4. The number of rotatable bonds is 6. The molecule has 0 radical (unpaired) electrons. The Labute approximate surface area is 139 Å². The quantitative estimate of drug-likeness (QED) is 0.231. The standard InChI is InChI=1S/C10H21NO9P2.ClH/c1-11(2)6-7(10(12)13)3-4-8(11)5-9(21(14,15)16)20-22(17,18)19;/h7-9H,3-6H2,1-2H3,(H4-,12,13,14,15,16,17,18,19);1H. The molecule has 3 atom stereocenters. The summed E-state index contributed by atoms with van der Waals surface area (Å²) in [4.78, 5) is 47.1. The van der Waals surface area contributed by atoms with E-state index in [4.69, 9.17) is 14.9 Å². The molecule has 1 aliphatic heterocycles. The van der Waals surface area contributed by atoms with E-state index >= 15 is 0 Å². The van der Waals surface area contributed by atoms with E-state index < -0.39 is 33.2 Å². The third-order valence-corrected chi connectivity index (χ3v) is 5.75. The summed E-state index contributed by atoms with van der Waals surface area (Å²) in [6.45, 7) is 0.268. The Kier molecular flexibility index (Phi) is 7.90. The van der Waals surface area contributed by atoms with Gasteiger partial charge < -0.3 is 41.6 Å². The molecule has 3 unspecified atom stereocenters. The van der Waals surface area contributed by atoms with Gasteiger partial charge in [-0.3, -0.25) is 13.9 Å². The van der Waals surface area contributed by atoms with Crippen LogP contribution < -0.4 is 12.4 Å². The van der Waals surface area contributed by atoms with Gasteiger partial charge in [0.15, 0.2) is 5.85 Å². The number of aliphatic carboxylic acids is 1. The first-order chi connectivity index (χ1) is 9.72. The maximum absolute atomic E-state index is 11.4. The van der Waals surface area contributed by atoms with Crippen LogP contribution in [0.3, 0.4) is 0 Å². The molecule has 1 saturated heterocycles. The molecule has 10 nitrogen and oxygen atoms in total. The van der Waals surface area contributed by atoms with Crippen LogP contribution in [-0.2, 0) is 18.4 Å². The van der Waals surface area contributed by atoms with Gasteiger partial charge in [0.1, 0.15) is 5.92 Å². The number of carbonyl (C=O) groups is 1. The van der Waals surface area contributed by atoms with Crippen molar-refractivity contribution in [3.8, 4) is 0 Å². The molecule has 0 saturated carbocycles. The lowest BCUT2D eigenvalue weighted by Crippen LogP contribution is -3.00. The number of halogens is 1. The van der Waals surface area contributed by atoms with Gasteiger partial charge in [-0.25, -0.2) is 4.57 Å². The minimum atomic E-state index is -5.05. The number of carboxylic acid groups (broad SMARTS) is 1. The highest BCUT2D eigenvalue weighted by Gasteiger charge is 2.45. The van der Waals surface area contributed by atoms with E-state index in [1.54, 1.807) is 14.1 Å². The van der Waals surface area contributed by atoms with Gasteiger partial charge in [-0.2, -0.15) is 0 Å². The Morgan fingerprint density at radius 2 is 1.74 bits per heavy atom. The van der Waals surface area contributed by atoms with Crippen LogP contribution in [0.4, 0.5) is 0 Å². The third-order valence-electron chi connectivity index (χ3n) is 3.98. The van der Waals surface area contributed by atoms with E-state index in [1.165, 1.54) is 0 Å². The molecule has 0 amide bonds. The third kappa shape index (κ3) is 7.17. The first-order valence-electron chi connectivity index (χ1n) is 6.57. The van der Waals surface area contributed by atoms with Gasteiger partial charge in [0.25, 0.3) is 0 Å². The Hall–Kier alpha value is -0.0200. The van der Waals surface area contributed by atoms with E-state index in [0.29, 0.717) is 12.8 Å². The van der Waals surface area contributed by atoms with Crippen molar-refractivity contribution in [2.24, 2.45) is 5.92 Å². The summed E-state index contributed by atoms with van der Waals surface area (Å²) in [7, 11) is -6.49. The van der Waals surface area contributed by atoms with Crippen LogP contribution >= 0.6 is 15.4 Å². The normalized spacial score (nSPS) is 26.2. The molecule has 1 fully saturated rings. The van der Waals surface area contributed by atoms with Gasteiger partial charge in [-0.1, -0.05) is 0 Å². The lowest BCUT2D eigenvalue weighted by molar-refractivity contribution is -0.923. The number of piperidine rings is 1. The topological polar surface area (TPSA) is 162 Å². The number of phosphoric ester groups is 1. The zero-order chi connectivity index (χ0) is 17.3. The molecule has 5 N–H and O–H groups in total. The van der Waals surface area contributed by atoms with Crippen molar-refractivity contribution in [1.82, 2.24) is 0 Å². The Morgan fingerprint density at radius 3 is 2.09 bits per heavy atom. The second-order valence-electron chi connectivity index (χ2n) is 6.10. The Bertz CT molecular complexity index is 516. The fraction of sp³-hybridized carbons (Fsp3) is 0.900. The summed E-state index contributed by atoms with van der Waals surface area (Å²) in [6, 6.07) is -0.375. The van der Waals surface area contributed by atoms with E-state index in [2.05, 4.69) is 4.52 Å². The first-order valence-corrected chi connectivity index (χ1v) is 9.78. The molecular weight excluding hydrogens is 376 g/mol. The number of nitrogens with zero attached hydrogens (tertiary/aromatic N) is 1. The molecule has 1 aliphatic rings. The lowest BCUT2D eigenvalue weighted by Gasteiger charge is -2.44. The van der Waals surface area contributed by atoms with Crippen LogP contribution in [0.2, 0.25) is 0 Å². The second kappa shape index (κ2) is 7.91. The highest BCUT2D eigenvalue weighted by atomic mass is 35.5. The maximum Gasteiger partial charge on any atom is 0.470 e. The number of carboxylic acids is 1. The monoisotopic (exact) mass is 397 g/mol. The molecule has 1 rings (SSSR count). The number of likely N-dealkylation sites (tertiary alicyclic amines) is 1. The van der Waals surface area contributed by atoms with Gasteiger partial charge >= 0.3 is 21.4 Å². The fourth-order valence-electron chi connectivity index (χ4n) is 2.79. The predicted molar refractivity (Wildman–Crippen MR) is 74.7 cm³/mol. The summed E-state index contributed by atoms with van der Waals surface area (Å²) >= 11 is 0. The van der Waals surface area contributed by atoms with Gasteiger partial charge in [0, 0.05) is 12.8 Å². The van der Waals surface area contributed by atoms with Crippen molar-refractivity contribution < 1.29 is 60.0 Å². The largest absolute Gasteiger partial charge is 1.00 e. The van der Waals surface area contributed by atoms with E-state index in [-0.39, 0.29) is 35.9 Å². The van der Waals surface area contributed by atoms with E-state index in [0.717, 1.165) is 0 Å². The van der Waals surface area contributed by atoms with Crippen LogP contribution in [0, 0.1) is 5.92 Å². The van der Waals surface area contributed by atoms with Crippen LogP contribution in [0.5, 0.6) is 0 Å². The predicted octanol–water partition coefficient (Wildman–Crippen LogP) is -3.07. The van der Waals surface area contributed by atoms with Crippen molar-refractivity contribution in [3.05, 3.63) is 0 Å². The summed E-state index contributed by atoms with van der Waals surface area (Å²) in [5.41, 5.74) is 0. The van der Waals surface area contributed by atoms with Crippen molar-refractivity contribution in [3.63, 3.8) is 0 Å². The SMILES string of the molecule is C[N+]1(C)CC(C(=O)O)CCC1CC(OP(=O)(O)O)P(=O)(O)O.[Cl-]. The van der Waals surface area contributed by atoms with E-state index in [9.17, 15) is 23.7 Å². The van der Waals surface area contributed by atoms with Gasteiger partial charge in [0.05, 0.1) is 26.7 Å². The van der Waals surface area contributed by atoms with Crippen molar-refractivity contribution in [1.29, 1.82) is 0 Å². The molecular formula is C10H22ClNO9P2.